The molecule has 6 nitrogen and oxygen atoms in total. The van der Waals surface area contributed by atoms with E-state index in [1.54, 1.807) is 36.4 Å². The molecule has 0 aliphatic rings. The van der Waals surface area contributed by atoms with Gasteiger partial charge in [0.15, 0.2) is 5.13 Å². The summed E-state index contributed by atoms with van der Waals surface area (Å²) >= 11 is 1.13. The zero-order valence-corrected chi connectivity index (χ0v) is 16.0. The molecule has 1 heterocycles. The van der Waals surface area contributed by atoms with E-state index >= 15 is 0 Å². The van der Waals surface area contributed by atoms with Gasteiger partial charge in [0.1, 0.15) is 23.1 Å². The van der Waals surface area contributed by atoms with Gasteiger partial charge in [-0.2, -0.15) is 5.10 Å². The van der Waals surface area contributed by atoms with Crippen molar-refractivity contribution in [3.8, 4) is 5.75 Å². The summed E-state index contributed by atoms with van der Waals surface area (Å²) in [4.78, 5) is 16.8. The molecule has 28 heavy (non-hydrogen) atoms. The van der Waals surface area contributed by atoms with E-state index in [4.69, 9.17) is 10.5 Å². The van der Waals surface area contributed by atoms with Crippen LogP contribution in [-0.4, -0.2) is 17.1 Å². The number of nitrogen functional groups attached to an aromatic ring is 1. The smallest absolute Gasteiger partial charge is 0.283 e. The molecule has 0 saturated carbocycles. The van der Waals surface area contributed by atoms with Crippen LogP contribution in [0.4, 0.5) is 9.52 Å². The maximum Gasteiger partial charge on any atom is 0.283 e. The van der Waals surface area contributed by atoms with E-state index < -0.39 is 0 Å². The van der Waals surface area contributed by atoms with Gasteiger partial charge >= 0.3 is 0 Å². The maximum absolute atomic E-state index is 13.7. The van der Waals surface area contributed by atoms with Crippen LogP contribution in [0.1, 0.15) is 33.4 Å². The first-order valence-electron chi connectivity index (χ1n) is 8.61. The van der Waals surface area contributed by atoms with Crippen LogP contribution in [0.15, 0.2) is 53.6 Å². The number of halogens is 1. The average molecular weight is 398 g/mol. The molecule has 0 aliphatic carbocycles. The average Bonchev–Trinajstić information content (AvgIpc) is 3.08. The predicted molar refractivity (Wildman–Crippen MR) is 108 cm³/mol. The van der Waals surface area contributed by atoms with Gasteiger partial charge in [0.2, 0.25) is 0 Å². The minimum Gasteiger partial charge on any atom is -0.489 e. The number of ether oxygens (including phenoxy) is 1. The monoisotopic (exact) mass is 398 g/mol. The lowest BCUT2D eigenvalue weighted by Crippen LogP contribution is -2.17. The summed E-state index contributed by atoms with van der Waals surface area (Å²) < 4.78 is 19.3. The first kappa shape index (κ1) is 19.5. The van der Waals surface area contributed by atoms with Crippen molar-refractivity contribution >= 4 is 28.6 Å². The molecule has 0 atom stereocenters. The summed E-state index contributed by atoms with van der Waals surface area (Å²) in [6.07, 6.45) is 2.12. The van der Waals surface area contributed by atoms with Gasteiger partial charge in [-0.15, -0.1) is 0 Å². The minimum absolute atomic E-state index is 0.122. The van der Waals surface area contributed by atoms with Gasteiger partial charge in [-0.3, -0.25) is 4.79 Å². The number of carbonyl (C=O) groups excluding carboxylic acids is 1. The van der Waals surface area contributed by atoms with Crippen molar-refractivity contribution in [2.24, 2.45) is 5.10 Å². The van der Waals surface area contributed by atoms with Crippen LogP contribution in [0.5, 0.6) is 5.75 Å². The van der Waals surface area contributed by atoms with Gasteiger partial charge < -0.3 is 10.5 Å². The molecule has 3 N–H and O–H groups in total. The topological polar surface area (TPSA) is 89.6 Å². The number of aryl methyl sites for hydroxylation is 1. The molecule has 0 fully saturated rings. The molecule has 0 bridgehead atoms. The summed E-state index contributed by atoms with van der Waals surface area (Å²) in [6, 6.07) is 13.6. The summed E-state index contributed by atoms with van der Waals surface area (Å²) in [5, 5.41) is 4.33. The van der Waals surface area contributed by atoms with Crippen molar-refractivity contribution in [1.82, 2.24) is 10.4 Å². The highest BCUT2D eigenvalue weighted by atomic mass is 32.1. The quantitative estimate of drug-likeness (QED) is 0.468. The number of rotatable bonds is 7. The van der Waals surface area contributed by atoms with Crippen LogP contribution in [0.3, 0.4) is 0 Å². The molecule has 0 unspecified atom stereocenters. The van der Waals surface area contributed by atoms with E-state index in [1.165, 1.54) is 12.3 Å². The Morgan fingerprint density at radius 2 is 2.14 bits per heavy atom. The molecule has 8 heteroatoms. The second-order valence-electron chi connectivity index (χ2n) is 5.83. The van der Waals surface area contributed by atoms with Gasteiger partial charge in [-0.25, -0.2) is 14.8 Å². The fourth-order valence-corrected chi connectivity index (χ4v) is 3.28. The van der Waals surface area contributed by atoms with Gasteiger partial charge in [-0.05, 0) is 30.2 Å². The van der Waals surface area contributed by atoms with Crippen LogP contribution in [0.2, 0.25) is 0 Å². The van der Waals surface area contributed by atoms with Crippen molar-refractivity contribution in [3.63, 3.8) is 0 Å². The molecule has 1 amide bonds. The van der Waals surface area contributed by atoms with Gasteiger partial charge in [0.25, 0.3) is 5.91 Å². The van der Waals surface area contributed by atoms with Crippen LogP contribution >= 0.6 is 11.3 Å². The highest BCUT2D eigenvalue weighted by Crippen LogP contribution is 2.20. The molecule has 1 aromatic heterocycles. The lowest BCUT2D eigenvalue weighted by molar-refractivity contribution is 0.0958. The first-order valence-corrected chi connectivity index (χ1v) is 9.43. The fourth-order valence-electron chi connectivity index (χ4n) is 2.46. The number of hydrogen-bond donors (Lipinski definition) is 2. The molecular formula is C20H19FN4O2S. The first-order chi connectivity index (χ1) is 13.6. The number of amides is 1. The molecule has 144 valence electrons. The SMILES string of the molecule is CCc1nc(N)sc1C(=O)NN=Cc1cccc(OCc2ccccc2F)c1. The molecule has 0 aliphatic heterocycles. The number of carbonyl (C=O) groups is 1. The lowest BCUT2D eigenvalue weighted by atomic mass is 10.2. The van der Waals surface area contributed by atoms with Crippen molar-refractivity contribution in [3.05, 3.63) is 76.0 Å². The highest BCUT2D eigenvalue weighted by Gasteiger charge is 2.15. The number of nitrogens with zero attached hydrogens (tertiary/aromatic N) is 2. The Morgan fingerprint density at radius 1 is 1.32 bits per heavy atom. The number of benzene rings is 2. The minimum atomic E-state index is -0.353. The third-order valence-corrected chi connectivity index (χ3v) is 4.77. The summed E-state index contributed by atoms with van der Waals surface area (Å²) in [7, 11) is 0. The molecule has 2 aromatic carbocycles. The Bertz CT molecular complexity index is 1000. The Kier molecular flexibility index (Phi) is 6.33. The third-order valence-electron chi connectivity index (χ3n) is 3.84. The van der Waals surface area contributed by atoms with E-state index in [-0.39, 0.29) is 18.3 Å². The zero-order chi connectivity index (χ0) is 19.9. The third kappa shape index (κ3) is 4.92. The number of hydrazone groups is 1. The Balaban J connectivity index is 1.61. The molecule has 0 spiro atoms. The van der Waals surface area contributed by atoms with Crippen molar-refractivity contribution < 1.29 is 13.9 Å². The van der Waals surface area contributed by atoms with Gasteiger partial charge in [-0.1, -0.05) is 48.6 Å². The van der Waals surface area contributed by atoms with E-state index in [9.17, 15) is 9.18 Å². The van der Waals surface area contributed by atoms with Crippen LogP contribution in [0, 0.1) is 5.82 Å². The second-order valence-corrected chi connectivity index (χ2v) is 6.86. The van der Waals surface area contributed by atoms with Crippen LogP contribution in [-0.2, 0) is 13.0 Å². The van der Waals surface area contributed by atoms with E-state index in [0.29, 0.717) is 33.4 Å². The molecular weight excluding hydrogens is 379 g/mol. The summed E-state index contributed by atoms with van der Waals surface area (Å²) in [5.74, 6) is -0.0885. The fraction of sp³-hybridized carbons (Fsp3) is 0.150. The van der Waals surface area contributed by atoms with Gasteiger partial charge in [0.05, 0.1) is 11.9 Å². The largest absolute Gasteiger partial charge is 0.489 e. The van der Waals surface area contributed by atoms with E-state index in [2.05, 4.69) is 15.5 Å². The number of hydrogen-bond acceptors (Lipinski definition) is 6. The van der Waals surface area contributed by atoms with Crippen molar-refractivity contribution in [2.45, 2.75) is 20.0 Å². The Hall–Kier alpha value is -3.26. The normalized spacial score (nSPS) is 10.9. The number of anilines is 1. The molecule has 0 saturated heterocycles. The maximum atomic E-state index is 13.7. The number of nitrogens with one attached hydrogen (secondary N) is 1. The zero-order valence-electron chi connectivity index (χ0n) is 15.2. The van der Waals surface area contributed by atoms with E-state index in [0.717, 1.165) is 16.9 Å². The number of thiazole rings is 1. The number of aromatic nitrogens is 1. The second kappa shape index (κ2) is 9.09. The lowest BCUT2D eigenvalue weighted by Gasteiger charge is -2.07. The van der Waals surface area contributed by atoms with E-state index in [1.807, 2.05) is 13.0 Å². The summed E-state index contributed by atoms with van der Waals surface area (Å²) in [6.45, 7) is 2.03. The molecule has 3 rings (SSSR count). The van der Waals surface area contributed by atoms with Crippen LogP contribution in [0.25, 0.3) is 0 Å². The van der Waals surface area contributed by atoms with Crippen molar-refractivity contribution in [2.75, 3.05) is 5.73 Å². The van der Waals surface area contributed by atoms with Crippen LogP contribution < -0.4 is 15.9 Å². The Morgan fingerprint density at radius 3 is 2.93 bits per heavy atom. The predicted octanol–water partition coefficient (Wildman–Crippen LogP) is 3.77. The highest BCUT2D eigenvalue weighted by molar-refractivity contribution is 7.17. The molecule has 0 radical (unpaired) electrons. The van der Waals surface area contributed by atoms with Gasteiger partial charge in [0, 0.05) is 5.56 Å². The van der Waals surface area contributed by atoms with Crippen molar-refractivity contribution in [1.29, 1.82) is 0 Å². The molecule has 3 aromatic rings. The Labute approximate surface area is 165 Å². The standard InChI is InChI=1S/C20H19FN4O2S/c1-2-17-18(28-20(22)24-17)19(26)25-23-11-13-6-5-8-15(10-13)27-12-14-7-3-4-9-16(14)21/h3-11H,2,12H2,1H3,(H2,22,24)(H,25,26). The summed E-state index contributed by atoms with van der Waals surface area (Å²) in [5.41, 5.74) is 9.99. The number of nitrogens with two attached hydrogens (primary N) is 1.